The lowest BCUT2D eigenvalue weighted by Crippen LogP contribution is -2.37. The number of nitrogens with one attached hydrogen (secondary N) is 1. The first-order valence-corrected chi connectivity index (χ1v) is 7.43. The number of halogens is 4. The SMILES string of the molecule is Cl.Cl.NC[C@H]1CC[C@@H](C(=O)NCCOc2ncc(Cl)cc2Cl)O1. The fourth-order valence-electron chi connectivity index (χ4n) is 2.02. The summed E-state index contributed by atoms with van der Waals surface area (Å²) in [7, 11) is 0. The Hall–Kier alpha value is -0.500. The van der Waals surface area contributed by atoms with Crippen molar-refractivity contribution in [3.8, 4) is 5.88 Å². The van der Waals surface area contributed by atoms with Crippen molar-refractivity contribution in [1.29, 1.82) is 0 Å². The fourth-order valence-corrected chi connectivity index (χ4v) is 2.45. The molecule has 1 amide bonds. The zero-order valence-electron chi connectivity index (χ0n) is 12.2. The van der Waals surface area contributed by atoms with Gasteiger partial charge in [0.2, 0.25) is 11.8 Å². The first-order valence-electron chi connectivity index (χ1n) is 6.67. The third-order valence-corrected chi connectivity index (χ3v) is 3.55. The van der Waals surface area contributed by atoms with E-state index in [1.165, 1.54) is 6.20 Å². The highest BCUT2D eigenvalue weighted by Gasteiger charge is 2.29. The fraction of sp³-hybridized carbons (Fsp3) is 0.538. The lowest BCUT2D eigenvalue weighted by atomic mass is 10.2. The maximum Gasteiger partial charge on any atom is 0.249 e. The topological polar surface area (TPSA) is 86.5 Å². The van der Waals surface area contributed by atoms with Crippen LogP contribution in [0.3, 0.4) is 0 Å². The normalized spacial score (nSPS) is 19.4. The number of ether oxygens (including phenoxy) is 2. The van der Waals surface area contributed by atoms with E-state index in [1.54, 1.807) is 6.07 Å². The first-order chi connectivity index (χ1) is 10.1. The molecule has 0 saturated carbocycles. The summed E-state index contributed by atoms with van der Waals surface area (Å²) in [6.07, 6.45) is 2.51. The minimum atomic E-state index is -0.421. The van der Waals surface area contributed by atoms with Gasteiger partial charge in [-0.25, -0.2) is 4.98 Å². The maximum atomic E-state index is 11.8. The second-order valence-corrected chi connectivity index (χ2v) is 5.48. The van der Waals surface area contributed by atoms with Gasteiger partial charge >= 0.3 is 0 Å². The van der Waals surface area contributed by atoms with Gasteiger partial charge in [0, 0.05) is 12.7 Å². The molecule has 132 valence electrons. The molecule has 3 N–H and O–H groups in total. The van der Waals surface area contributed by atoms with Gasteiger partial charge in [-0.2, -0.15) is 0 Å². The molecule has 6 nitrogen and oxygen atoms in total. The maximum absolute atomic E-state index is 11.8. The van der Waals surface area contributed by atoms with E-state index in [1.807, 2.05) is 0 Å². The molecule has 1 aliphatic rings. The van der Waals surface area contributed by atoms with Crippen molar-refractivity contribution >= 4 is 53.9 Å². The Morgan fingerprint density at radius 1 is 1.43 bits per heavy atom. The highest BCUT2D eigenvalue weighted by atomic mass is 35.5. The molecule has 2 rings (SSSR count). The van der Waals surface area contributed by atoms with Gasteiger partial charge in [-0.1, -0.05) is 23.2 Å². The molecule has 1 aromatic rings. The van der Waals surface area contributed by atoms with Gasteiger partial charge in [-0.15, -0.1) is 24.8 Å². The van der Waals surface area contributed by atoms with Crippen LogP contribution >= 0.6 is 48.0 Å². The van der Waals surface area contributed by atoms with Crippen LogP contribution in [0.1, 0.15) is 12.8 Å². The van der Waals surface area contributed by atoms with Crippen molar-refractivity contribution in [3.63, 3.8) is 0 Å². The van der Waals surface area contributed by atoms with Gasteiger partial charge in [-0.3, -0.25) is 4.79 Å². The third kappa shape index (κ3) is 6.87. The van der Waals surface area contributed by atoms with Gasteiger partial charge in [0.1, 0.15) is 17.7 Å². The van der Waals surface area contributed by atoms with E-state index in [-0.39, 0.29) is 49.3 Å². The lowest BCUT2D eigenvalue weighted by molar-refractivity contribution is -0.131. The molecular formula is C13H19Cl4N3O3. The van der Waals surface area contributed by atoms with Crippen LogP contribution in [0.4, 0.5) is 0 Å². The standard InChI is InChI=1S/C13H17Cl2N3O3.2ClH/c14-8-5-10(15)13(18-7-8)20-4-3-17-12(19)11-2-1-9(6-16)21-11;;/h5,7,9,11H,1-4,6,16H2,(H,17,19);2*1H/t9-,11+;;/m1../s1. The van der Waals surface area contributed by atoms with Crippen molar-refractivity contribution in [2.75, 3.05) is 19.7 Å². The average Bonchev–Trinajstić information content (AvgIpc) is 2.94. The van der Waals surface area contributed by atoms with Crippen LogP contribution in [0.2, 0.25) is 10.0 Å². The van der Waals surface area contributed by atoms with Crippen molar-refractivity contribution in [3.05, 3.63) is 22.3 Å². The number of carbonyl (C=O) groups is 1. The lowest BCUT2D eigenvalue weighted by Gasteiger charge is -2.13. The molecule has 0 spiro atoms. The van der Waals surface area contributed by atoms with Gasteiger partial charge in [0.25, 0.3) is 0 Å². The summed E-state index contributed by atoms with van der Waals surface area (Å²) in [5.41, 5.74) is 5.50. The van der Waals surface area contributed by atoms with E-state index in [0.717, 1.165) is 6.42 Å². The van der Waals surface area contributed by atoms with Crippen molar-refractivity contribution in [2.24, 2.45) is 5.73 Å². The summed E-state index contributed by atoms with van der Waals surface area (Å²) in [4.78, 5) is 15.8. The number of nitrogens with two attached hydrogens (primary N) is 1. The van der Waals surface area contributed by atoms with Crippen molar-refractivity contribution < 1.29 is 14.3 Å². The van der Waals surface area contributed by atoms with Crippen LogP contribution < -0.4 is 15.8 Å². The van der Waals surface area contributed by atoms with Gasteiger partial charge in [-0.05, 0) is 18.9 Å². The molecule has 0 radical (unpaired) electrons. The minimum Gasteiger partial charge on any atom is -0.475 e. The number of pyridine rings is 1. The molecule has 23 heavy (non-hydrogen) atoms. The second-order valence-electron chi connectivity index (χ2n) is 4.64. The Morgan fingerprint density at radius 3 is 2.78 bits per heavy atom. The predicted molar refractivity (Wildman–Crippen MR) is 94.2 cm³/mol. The molecule has 2 heterocycles. The van der Waals surface area contributed by atoms with Crippen molar-refractivity contribution in [1.82, 2.24) is 10.3 Å². The highest BCUT2D eigenvalue weighted by Crippen LogP contribution is 2.24. The molecule has 10 heteroatoms. The monoisotopic (exact) mass is 405 g/mol. The Bertz CT molecular complexity index is 507. The van der Waals surface area contributed by atoms with E-state index < -0.39 is 6.10 Å². The number of nitrogens with zero attached hydrogens (tertiary/aromatic N) is 1. The molecule has 0 unspecified atom stereocenters. The Kier molecular flexibility index (Phi) is 10.9. The molecule has 0 aliphatic carbocycles. The van der Waals surface area contributed by atoms with Crippen LogP contribution in [0.25, 0.3) is 0 Å². The Balaban J connectivity index is 0.00000242. The Labute approximate surface area is 157 Å². The second kappa shape index (κ2) is 11.1. The largest absolute Gasteiger partial charge is 0.475 e. The smallest absolute Gasteiger partial charge is 0.249 e. The van der Waals surface area contributed by atoms with Gasteiger partial charge < -0.3 is 20.5 Å². The number of hydrogen-bond donors (Lipinski definition) is 2. The molecule has 2 atom stereocenters. The molecule has 1 saturated heterocycles. The van der Waals surface area contributed by atoms with Gasteiger partial charge in [0.15, 0.2) is 0 Å². The van der Waals surface area contributed by atoms with E-state index in [0.29, 0.717) is 29.6 Å². The van der Waals surface area contributed by atoms with Crippen LogP contribution in [0, 0.1) is 0 Å². The Morgan fingerprint density at radius 2 is 2.17 bits per heavy atom. The average molecular weight is 407 g/mol. The third-order valence-electron chi connectivity index (χ3n) is 3.08. The van der Waals surface area contributed by atoms with Crippen LogP contribution in [-0.4, -0.2) is 42.8 Å². The summed E-state index contributed by atoms with van der Waals surface area (Å²) in [6, 6.07) is 1.54. The summed E-state index contributed by atoms with van der Waals surface area (Å²) in [5.74, 6) is 0.139. The summed E-state index contributed by atoms with van der Waals surface area (Å²) in [6.45, 7) is 1.04. The molecule has 1 aromatic heterocycles. The molecule has 0 aromatic carbocycles. The van der Waals surface area contributed by atoms with Crippen LogP contribution in [0.5, 0.6) is 5.88 Å². The number of amides is 1. The van der Waals surface area contributed by atoms with E-state index in [9.17, 15) is 4.79 Å². The zero-order chi connectivity index (χ0) is 15.2. The molecule has 1 aliphatic heterocycles. The predicted octanol–water partition coefficient (Wildman–Crippen LogP) is 2.23. The number of hydrogen-bond acceptors (Lipinski definition) is 5. The number of aromatic nitrogens is 1. The number of carbonyl (C=O) groups excluding carboxylic acids is 1. The van der Waals surface area contributed by atoms with E-state index >= 15 is 0 Å². The molecule has 0 bridgehead atoms. The highest BCUT2D eigenvalue weighted by molar-refractivity contribution is 6.35. The zero-order valence-corrected chi connectivity index (χ0v) is 15.3. The first kappa shape index (κ1) is 22.5. The van der Waals surface area contributed by atoms with E-state index in [4.69, 9.17) is 38.4 Å². The summed E-state index contributed by atoms with van der Waals surface area (Å²) >= 11 is 11.6. The van der Waals surface area contributed by atoms with E-state index in [2.05, 4.69) is 10.3 Å². The minimum absolute atomic E-state index is 0. The quantitative estimate of drug-likeness (QED) is 0.707. The van der Waals surface area contributed by atoms with Crippen LogP contribution in [0.15, 0.2) is 12.3 Å². The summed E-state index contributed by atoms with van der Waals surface area (Å²) in [5, 5.41) is 3.51. The molecular weight excluding hydrogens is 388 g/mol. The van der Waals surface area contributed by atoms with Gasteiger partial charge in [0.05, 0.1) is 17.7 Å². The number of rotatable bonds is 6. The van der Waals surface area contributed by atoms with Crippen LogP contribution in [-0.2, 0) is 9.53 Å². The summed E-state index contributed by atoms with van der Waals surface area (Å²) < 4.78 is 10.9. The molecule has 1 fully saturated rings. The van der Waals surface area contributed by atoms with Crippen molar-refractivity contribution in [2.45, 2.75) is 25.0 Å².